The second kappa shape index (κ2) is 7.62. The van der Waals surface area contributed by atoms with Crippen molar-refractivity contribution < 1.29 is 4.79 Å². The maximum absolute atomic E-state index is 12.5. The highest BCUT2D eigenvalue weighted by molar-refractivity contribution is 6.32. The summed E-state index contributed by atoms with van der Waals surface area (Å²) in [5, 5.41) is 16.4. The van der Waals surface area contributed by atoms with Gasteiger partial charge in [-0.2, -0.15) is 10.4 Å². The van der Waals surface area contributed by atoms with Gasteiger partial charge in [0.15, 0.2) is 5.69 Å². The van der Waals surface area contributed by atoms with Crippen LogP contribution in [0.3, 0.4) is 0 Å². The van der Waals surface area contributed by atoms with Crippen LogP contribution in [0.2, 0.25) is 10.0 Å². The lowest BCUT2D eigenvalue weighted by molar-refractivity contribution is 0.101. The van der Waals surface area contributed by atoms with Gasteiger partial charge in [0.2, 0.25) is 5.43 Å². The maximum Gasteiger partial charge on any atom is 0.280 e. The van der Waals surface area contributed by atoms with Crippen molar-refractivity contribution in [3.63, 3.8) is 0 Å². The molecule has 0 unspecified atom stereocenters. The normalized spacial score (nSPS) is 10.3. The van der Waals surface area contributed by atoms with E-state index in [1.165, 1.54) is 28.9 Å². The number of nitrogens with one attached hydrogen (secondary N) is 1. The first kappa shape index (κ1) is 18.6. The lowest BCUT2D eigenvalue weighted by Crippen LogP contribution is -2.26. The number of nitrogens with zero attached hydrogens (tertiary/aromatic N) is 3. The number of rotatable bonds is 3. The van der Waals surface area contributed by atoms with Crippen molar-refractivity contribution in [1.29, 1.82) is 5.26 Å². The summed E-state index contributed by atoms with van der Waals surface area (Å²) >= 11 is 11.9. The van der Waals surface area contributed by atoms with Crippen molar-refractivity contribution >= 4 is 34.8 Å². The first-order valence-electron chi connectivity index (χ1n) is 7.77. The number of carbonyl (C=O) groups is 1. The molecule has 1 N–H and O–H groups in total. The SMILES string of the molecule is Cc1cc(=O)c(C(=O)Nc2ccc(C#N)c(Cl)c2)nn1-c1ccc(Cl)cc1. The Morgan fingerprint density at radius 3 is 2.48 bits per heavy atom. The van der Waals surface area contributed by atoms with Crippen molar-refractivity contribution in [2.45, 2.75) is 6.92 Å². The Balaban J connectivity index is 1.96. The Morgan fingerprint density at radius 1 is 1.15 bits per heavy atom. The van der Waals surface area contributed by atoms with Crippen LogP contribution >= 0.6 is 23.2 Å². The maximum atomic E-state index is 12.5. The van der Waals surface area contributed by atoms with Gasteiger partial charge in [-0.25, -0.2) is 4.68 Å². The van der Waals surface area contributed by atoms with Crippen molar-refractivity contribution in [2.75, 3.05) is 5.32 Å². The number of nitriles is 1. The third-order valence-electron chi connectivity index (χ3n) is 3.74. The molecule has 3 aromatic rings. The molecule has 8 heteroatoms. The molecule has 1 amide bonds. The van der Waals surface area contributed by atoms with Crippen LogP contribution in [0.25, 0.3) is 5.69 Å². The van der Waals surface area contributed by atoms with Gasteiger partial charge in [-0.1, -0.05) is 23.2 Å². The molecule has 3 rings (SSSR count). The lowest BCUT2D eigenvalue weighted by atomic mass is 10.2. The van der Waals surface area contributed by atoms with Crippen LogP contribution in [0, 0.1) is 18.3 Å². The quantitative estimate of drug-likeness (QED) is 0.722. The molecule has 1 heterocycles. The van der Waals surface area contributed by atoms with Gasteiger partial charge in [-0.15, -0.1) is 0 Å². The van der Waals surface area contributed by atoms with Crippen LogP contribution in [0.5, 0.6) is 0 Å². The number of anilines is 1. The summed E-state index contributed by atoms with van der Waals surface area (Å²) < 4.78 is 1.48. The Morgan fingerprint density at radius 2 is 1.85 bits per heavy atom. The van der Waals surface area contributed by atoms with Crippen molar-refractivity contribution in [3.8, 4) is 11.8 Å². The predicted octanol–water partition coefficient (Wildman–Crippen LogP) is 3.97. The minimum absolute atomic E-state index is 0.200. The third-order valence-corrected chi connectivity index (χ3v) is 4.31. The van der Waals surface area contributed by atoms with E-state index < -0.39 is 11.3 Å². The number of carbonyl (C=O) groups excluding carboxylic acids is 1. The average Bonchev–Trinajstić information content (AvgIpc) is 2.63. The van der Waals surface area contributed by atoms with E-state index in [4.69, 9.17) is 28.5 Å². The number of hydrogen-bond acceptors (Lipinski definition) is 4. The van der Waals surface area contributed by atoms with Crippen LogP contribution in [0.1, 0.15) is 21.7 Å². The molecule has 0 aliphatic carbocycles. The van der Waals surface area contributed by atoms with Gasteiger partial charge in [0, 0.05) is 22.5 Å². The van der Waals surface area contributed by atoms with E-state index in [9.17, 15) is 9.59 Å². The van der Waals surface area contributed by atoms with Crippen LogP contribution in [-0.2, 0) is 0 Å². The zero-order valence-electron chi connectivity index (χ0n) is 14.0. The number of aryl methyl sites for hydroxylation is 1. The van der Waals surface area contributed by atoms with E-state index in [2.05, 4.69) is 10.4 Å². The Labute approximate surface area is 164 Å². The summed E-state index contributed by atoms with van der Waals surface area (Å²) in [5.74, 6) is -0.677. The molecule has 1 aromatic heterocycles. The zero-order valence-corrected chi connectivity index (χ0v) is 15.5. The molecule has 0 saturated carbocycles. The van der Waals surface area contributed by atoms with E-state index in [-0.39, 0.29) is 16.3 Å². The van der Waals surface area contributed by atoms with Crippen molar-refractivity contribution in [3.05, 3.63) is 85.8 Å². The fourth-order valence-electron chi connectivity index (χ4n) is 2.42. The van der Waals surface area contributed by atoms with Crippen LogP contribution in [0.15, 0.2) is 53.3 Å². The van der Waals surface area contributed by atoms with E-state index in [0.29, 0.717) is 22.1 Å². The smallest absolute Gasteiger partial charge is 0.280 e. The van der Waals surface area contributed by atoms with Gasteiger partial charge in [0.25, 0.3) is 5.91 Å². The number of hydrogen-bond donors (Lipinski definition) is 1. The summed E-state index contributed by atoms with van der Waals surface area (Å²) in [6.07, 6.45) is 0. The van der Waals surface area contributed by atoms with E-state index in [1.807, 2.05) is 6.07 Å². The molecule has 0 aliphatic rings. The molecule has 6 nitrogen and oxygen atoms in total. The molecule has 0 spiro atoms. The fraction of sp³-hybridized carbons (Fsp3) is 0.0526. The summed E-state index contributed by atoms with van der Waals surface area (Å²) in [7, 11) is 0. The molecular formula is C19H12Cl2N4O2. The molecule has 0 fully saturated rings. The third kappa shape index (κ3) is 4.00. The Hall–Kier alpha value is -3.14. The van der Waals surface area contributed by atoms with Gasteiger partial charge in [-0.3, -0.25) is 9.59 Å². The monoisotopic (exact) mass is 398 g/mol. The first-order chi connectivity index (χ1) is 12.9. The Kier molecular flexibility index (Phi) is 5.26. The van der Waals surface area contributed by atoms with Crippen molar-refractivity contribution in [2.24, 2.45) is 0 Å². The summed E-state index contributed by atoms with van der Waals surface area (Å²) in [4.78, 5) is 24.8. The van der Waals surface area contributed by atoms with Crippen molar-refractivity contribution in [1.82, 2.24) is 9.78 Å². The topological polar surface area (TPSA) is 87.8 Å². The minimum Gasteiger partial charge on any atom is -0.320 e. The highest BCUT2D eigenvalue weighted by Gasteiger charge is 2.16. The highest BCUT2D eigenvalue weighted by Crippen LogP contribution is 2.20. The lowest BCUT2D eigenvalue weighted by Gasteiger charge is -2.11. The second-order valence-corrected chi connectivity index (χ2v) is 6.49. The molecule has 0 saturated heterocycles. The van der Waals surface area contributed by atoms with Gasteiger partial charge in [0.1, 0.15) is 6.07 Å². The number of aromatic nitrogens is 2. The second-order valence-electron chi connectivity index (χ2n) is 5.65. The van der Waals surface area contributed by atoms with E-state index in [1.54, 1.807) is 31.2 Å². The molecule has 134 valence electrons. The molecule has 2 aromatic carbocycles. The molecular weight excluding hydrogens is 387 g/mol. The van der Waals surface area contributed by atoms with Gasteiger partial charge < -0.3 is 5.32 Å². The molecule has 27 heavy (non-hydrogen) atoms. The largest absolute Gasteiger partial charge is 0.320 e. The summed E-state index contributed by atoms with van der Waals surface area (Å²) in [6, 6.07) is 14.5. The Bertz CT molecular complexity index is 1130. The van der Waals surface area contributed by atoms with Gasteiger partial charge >= 0.3 is 0 Å². The number of amides is 1. The van der Waals surface area contributed by atoms with E-state index in [0.717, 1.165) is 0 Å². The van der Waals surface area contributed by atoms with Crippen LogP contribution in [-0.4, -0.2) is 15.7 Å². The number of halogens is 2. The molecule has 0 aliphatic heterocycles. The van der Waals surface area contributed by atoms with Crippen LogP contribution < -0.4 is 10.7 Å². The minimum atomic E-state index is -0.677. The standard InChI is InChI=1S/C19H12Cl2N4O2/c1-11-8-17(26)18(24-25(11)15-6-3-13(20)4-7-15)19(27)23-14-5-2-12(10-22)16(21)9-14/h2-9H,1H3,(H,23,27). The highest BCUT2D eigenvalue weighted by atomic mass is 35.5. The molecule has 0 radical (unpaired) electrons. The molecule has 0 bridgehead atoms. The van der Waals surface area contributed by atoms with E-state index >= 15 is 0 Å². The average molecular weight is 399 g/mol. The summed E-state index contributed by atoms with van der Waals surface area (Å²) in [6.45, 7) is 1.71. The first-order valence-corrected chi connectivity index (χ1v) is 8.52. The van der Waals surface area contributed by atoms with Gasteiger partial charge in [-0.05, 0) is 49.4 Å². The predicted molar refractivity (Wildman–Crippen MR) is 104 cm³/mol. The molecule has 0 atom stereocenters. The van der Waals surface area contributed by atoms with Crippen LogP contribution in [0.4, 0.5) is 5.69 Å². The summed E-state index contributed by atoms with van der Waals surface area (Å²) in [5.41, 5.74) is 1.09. The van der Waals surface area contributed by atoms with Gasteiger partial charge in [0.05, 0.1) is 16.3 Å². The number of benzene rings is 2. The fourth-order valence-corrected chi connectivity index (χ4v) is 2.77. The zero-order chi connectivity index (χ0) is 19.6.